The van der Waals surface area contributed by atoms with Gasteiger partial charge in [0, 0.05) is 45.1 Å². The minimum atomic E-state index is 0.0158. The van der Waals surface area contributed by atoms with E-state index < -0.39 is 0 Å². The van der Waals surface area contributed by atoms with Crippen LogP contribution in [0.1, 0.15) is 16.1 Å². The topological polar surface area (TPSA) is 49.3 Å². The largest absolute Gasteiger partial charge is 0.337 e. The van der Waals surface area contributed by atoms with E-state index in [-0.39, 0.29) is 5.91 Å². The maximum Gasteiger partial charge on any atom is 0.274 e. The minimum Gasteiger partial charge on any atom is -0.337 e. The molecule has 0 aliphatic carbocycles. The van der Waals surface area contributed by atoms with Crippen molar-refractivity contribution in [2.45, 2.75) is 6.54 Å². The van der Waals surface area contributed by atoms with Crippen molar-refractivity contribution in [1.82, 2.24) is 19.8 Å². The Hall–Kier alpha value is -2.27. The molecule has 2 aliphatic heterocycles. The van der Waals surface area contributed by atoms with Crippen molar-refractivity contribution in [3.05, 3.63) is 60.2 Å². The number of benzene rings is 1. The second kappa shape index (κ2) is 6.08. The third-order valence-electron chi connectivity index (χ3n) is 4.88. The Morgan fingerprint density at radius 1 is 1.04 bits per heavy atom. The highest BCUT2D eigenvalue weighted by Gasteiger charge is 2.41. The SMILES string of the molecule is O=C(c1cnccn1)N1C[C@H]2CN(Cc3ccccc3)C[C@H]2C1. The first kappa shape index (κ1) is 14.3. The average Bonchev–Trinajstić information content (AvgIpc) is 3.14. The van der Waals surface area contributed by atoms with Crippen LogP contribution < -0.4 is 0 Å². The average molecular weight is 308 g/mol. The van der Waals surface area contributed by atoms with Crippen molar-refractivity contribution < 1.29 is 4.79 Å². The monoisotopic (exact) mass is 308 g/mol. The van der Waals surface area contributed by atoms with E-state index in [2.05, 4.69) is 45.2 Å². The van der Waals surface area contributed by atoms with Crippen LogP contribution in [-0.2, 0) is 6.54 Å². The summed E-state index contributed by atoms with van der Waals surface area (Å²) in [5.74, 6) is 1.18. The summed E-state index contributed by atoms with van der Waals surface area (Å²) in [6.45, 7) is 4.83. The van der Waals surface area contributed by atoms with Gasteiger partial charge in [-0.05, 0) is 17.4 Å². The van der Waals surface area contributed by atoms with Crippen LogP contribution in [0, 0.1) is 11.8 Å². The molecular formula is C18H20N4O. The van der Waals surface area contributed by atoms with E-state index >= 15 is 0 Å². The molecule has 5 heteroatoms. The number of carbonyl (C=O) groups excluding carboxylic acids is 1. The second-order valence-electron chi connectivity index (χ2n) is 6.50. The zero-order valence-corrected chi connectivity index (χ0v) is 13.0. The van der Waals surface area contributed by atoms with E-state index in [1.807, 2.05) is 4.90 Å². The number of amides is 1. The van der Waals surface area contributed by atoms with Crippen molar-refractivity contribution in [3.8, 4) is 0 Å². The zero-order chi connectivity index (χ0) is 15.6. The number of likely N-dealkylation sites (tertiary alicyclic amines) is 2. The predicted molar refractivity (Wildman–Crippen MR) is 86.6 cm³/mol. The molecule has 0 spiro atoms. The second-order valence-corrected chi connectivity index (χ2v) is 6.50. The fourth-order valence-electron chi connectivity index (χ4n) is 3.80. The summed E-state index contributed by atoms with van der Waals surface area (Å²) in [5.41, 5.74) is 1.81. The third-order valence-corrected chi connectivity index (χ3v) is 4.88. The van der Waals surface area contributed by atoms with Crippen LogP contribution in [-0.4, -0.2) is 51.9 Å². The van der Waals surface area contributed by atoms with E-state index in [0.29, 0.717) is 17.5 Å². The molecule has 1 aromatic carbocycles. The summed E-state index contributed by atoms with van der Waals surface area (Å²) < 4.78 is 0. The predicted octanol–water partition coefficient (Wildman–Crippen LogP) is 1.68. The molecule has 4 rings (SSSR count). The van der Waals surface area contributed by atoms with Crippen LogP contribution in [0.2, 0.25) is 0 Å². The van der Waals surface area contributed by atoms with Crippen molar-refractivity contribution >= 4 is 5.91 Å². The standard InChI is InChI=1S/C18H20N4O/c23-18(17-8-19-6-7-20-17)22-12-15-10-21(11-16(15)13-22)9-14-4-2-1-3-5-14/h1-8,15-16H,9-13H2/t15-,16+. The summed E-state index contributed by atoms with van der Waals surface area (Å²) >= 11 is 0. The van der Waals surface area contributed by atoms with Gasteiger partial charge in [-0.2, -0.15) is 0 Å². The Labute approximate surface area is 136 Å². The molecule has 3 heterocycles. The molecule has 23 heavy (non-hydrogen) atoms. The normalized spacial score (nSPS) is 23.9. The smallest absolute Gasteiger partial charge is 0.274 e. The van der Waals surface area contributed by atoms with Gasteiger partial charge >= 0.3 is 0 Å². The van der Waals surface area contributed by atoms with Crippen molar-refractivity contribution in [2.75, 3.05) is 26.2 Å². The first-order valence-electron chi connectivity index (χ1n) is 8.11. The van der Waals surface area contributed by atoms with Crippen LogP contribution in [0.3, 0.4) is 0 Å². The van der Waals surface area contributed by atoms with Gasteiger partial charge in [0.15, 0.2) is 0 Å². The van der Waals surface area contributed by atoms with E-state index in [1.54, 1.807) is 18.6 Å². The van der Waals surface area contributed by atoms with Gasteiger partial charge in [0.25, 0.3) is 5.91 Å². The molecule has 1 aromatic heterocycles. The lowest BCUT2D eigenvalue weighted by Crippen LogP contribution is -2.33. The van der Waals surface area contributed by atoms with Crippen LogP contribution in [0.25, 0.3) is 0 Å². The molecule has 0 saturated carbocycles. The van der Waals surface area contributed by atoms with Gasteiger partial charge in [-0.1, -0.05) is 30.3 Å². The first-order valence-corrected chi connectivity index (χ1v) is 8.11. The number of hydrogen-bond acceptors (Lipinski definition) is 4. The lowest BCUT2D eigenvalue weighted by atomic mass is 10.0. The zero-order valence-electron chi connectivity index (χ0n) is 13.0. The van der Waals surface area contributed by atoms with Gasteiger partial charge in [-0.15, -0.1) is 0 Å². The van der Waals surface area contributed by atoms with Crippen LogP contribution >= 0.6 is 0 Å². The number of hydrogen-bond donors (Lipinski definition) is 0. The fraction of sp³-hybridized carbons (Fsp3) is 0.389. The molecule has 1 amide bonds. The highest BCUT2D eigenvalue weighted by Crippen LogP contribution is 2.32. The summed E-state index contributed by atoms with van der Waals surface area (Å²) in [7, 11) is 0. The Morgan fingerprint density at radius 2 is 1.78 bits per heavy atom. The van der Waals surface area contributed by atoms with Crippen molar-refractivity contribution in [1.29, 1.82) is 0 Å². The molecule has 2 aromatic rings. The number of carbonyl (C=O) groups is 1. The molecule has 0 bridgehead atoms. The third kappa shape index (κ3) is 2.97. The summed E-state index contributed by atoms with van der Waals surface area (Å²) in [6, 6.07) is 10.6. The van der Waals surface area contributed by atoms with Gasteiger partial charge in [0.2, 0.25) is 0 Å². The molecule has 118 valence electrons. The summed E-state index contributed by atoms with van der Waals surface area (Å²) in [4.78, 5) is 25.0. The molecule has 2 atom stereocenters. The van der Waals surface area contributed by atoms with Gasteiger partial charge < -0.3 is 4.90 Å². The molecule has 0 unspecified atom stereocenters. The van der Waals surface area contributed by atoms with Gasteiger partial charge in [0.05, 0.1) is 6.20 Å². The quantitative estimate of drug-likeness (QED) is 0.865. The Morgan fingerprint density at radius 3 is 2.43 bits per heavy atom. The Kier molecular flexibility index (Phi) is 3.79. The number of aromatic nitrogens is 2. The van der Waals surface area contributed by atoms with E-state index in [4.69, 9.17) is 0 Å². The van der Waals surface area contributed by atoms with Crippen molar-refractivity contribution in [3.63, 3.8) is 0 Å². The van der Waals surface area contributed by atoms with Gasteiger partial charge in [-0.25, -0.2) is 4.98 Å². The number of nitrogens with zero attached hydrogens (tertiary/aromatic N) is 4. The minimum absolute atomic E-state index is 0.0158. The van der Waals surface area contributed by atoms with Crippen molar-refractivity contribution in [2.24, 2.45) is 11.8 Å². The highest BCUT2D eigenvalue weighted by atomic mass is 16.2. The molecule has 2 fully saturated rings. The molecule has 5 nitrogen and oxygen atoms in total. The molecule has 0 N–H and O–H groups in total. The van der Waals surface area contributed by atoms with Gasteiger partial charge in [0.1, 0.15) is 5.69 Å². The van der Waals surface area contributed by atoms with Gasteiger partial charge in [-0.3, -0.25) is 14.7 Å². The lowest BCUT2D eigenvalue weighted by Gasteiger charge is -2.21. The lowest BCUT2D eigenvalue weighted by molar-refractivity contribution is 0.0767. The summed E-state index contributed by atoms with van der Waals surface area (Å²) in [6.07, 6.45) is 4.72. The molecular weight excluding hydrogens is 288 g/mol. The van der Waals surface area contributed by atoms with E-state index in [0.717, 1.165) is 32.7 Å². The highest BCUT2D eigenvalue weighted by molar-refractivity contribution is 5.92. The number of fused-ring (bicyclic) bond motifs is 1. The maximum absolute atomic E-state index is 12.5. The fourth-order valence-corrected chi connectivity index (χ4v) is 3.80. The number of rotatable bonds is 3. The molecule has 2 aliphatic rings. The Bertz CT molecular complexity index is 662. The molecule has 2 saturated heterocycles. The van der Waals surface area contributed by atoms with Crippen LogP contribution in [0.4, 0.5) is 0 Å². The van der Waals surface area contributed by atoms with Crippen LogP contribution in [0.5, 0.6) is 0 Å². The first-order chi connectivity index (χ1) is 11.3. The Balaban J connectivity index is 1.36. The van der Waals surface area contributed by atoms with E-state index in [1.165, 1.54) is 5.56 Å². The molecule has 0 radical (unpaired) electrons. The maximum atomic E-state index is 12.5. The van der Waals surface area contributed by atoms with E-state index in [9.17, 15) is 4.79 Å². The van der Waals surface area contributed by atoms with Crippen LogP contribution in [0.15, 0.2) is 48.9 Å². The summed E-state index contributed by atoms with van der Waals surface area (Å²) in [5, 5.41) is 0.